The van der Waals surface area contributed by atoms with Gasteiger partial charge in [-0.15, -0.1) is 0 Å². The van der Waals surface area contributed by atoms with Gasteiger partial charge in [0.2, 0.25) is 0 Å². The molecule has 0 bridgehead atoms. The van der Waals surface area contributed by atoms with E-state index in [2.05, 4.69) is 4.90 Å². The highest BCUT2D eigenvalue weighted by molar-refractivity contribution is 7.85. The monoisotopic (exact) mass is 310 g/mol. The molecule has 1 aliphatic rings. The van der Waals surface area contributed by atoms with Crippen molar-refractivity contribution in [3.63, 3.8) is 0 Å². The van der Waals surface area contributed by atoms with Gasteiger partial charge in [-0.25, -0.2) is 4.79 Å². The third kappa shape index (κ3) is 3.90. The highest BCUT2D eigenvalue weighted by atomic mass is 32.2. The number of carbonyl (C=O) groups is 1. The number of nitrogens with zero attached hydrogens (tertiary/aromatic N) is 1. The van der Waals surface area contributed by atoms with Gasteiger partial charge in [-0.05, 0) is 12.5 Å². The molecule has 0 aliphatic carbocycles. The molecule has 0 amide bonds. The van der Waals surface area contributed by atoms with Gasteiger partial charge in [-0.1, -0.05) is 30.3 Å². The van der Waals surface area contributed by atoms with Crippen molar-refractivity contribution in [3.8, 4) is 0 Å². The van der Waals surface area contributed by atoms with Crippen LogP contribution in [0.2, 0.25) is 0 Å². The molecule has 1 heterocycles. The summed E-state index contributed by atoms with van der Waals surface area (Å²) in [4.78, 5) is 14.5. The molecule has 2 N–H and O–H groups in total. The molecule has 1 aliphatic heterocycles. The fourth-order valence-electron chi connectivity index (χ4n) is 2.46. The number of hydrogen-bond acceptors (Lipinski definition) is 5. The lowest BCUT2D eigenvalue weighted by atomic mass is 9.90. The molecule has 2 rings (SSSR count). The molecule has 1 aromatic carbocycles. The zero-order valence-electron chi connectivity index (χ0n) is 12.3. The second-order valence-corrected chi connectivity index (χ2v) is 6.88. The van der Waals surface area contributed by atoms with Crippen LogP contribution < -0.4 is 5.73 Å². The maximum atomic E-state index is 12.4. The van der Waals surface area contributed by atoms with Crippen LogP contribution in [0.3, 0.4) is 0 Å². The number of rotatable bonds is 5. The molecular weight excluding hydrogens is 288 g/mol. The first kappa shape index (κ1) is 16.1. The van der Waals surface area contributed by atoms with E-state index in [0.717, 1.165) is 5.56 Å². The van der Waals surface area contributed by atoms with Gasteiger partial charge in [0, 0.05) is 41.9 Å². The second-order valence-electron chi connectivity index (χ2n) is 5.18. The Hall–Kier alpha value is -1.24. The Labute approximate surface area is 127 Å². The Morgan fingerprint density at radius 1 is 1.33 bits per heavy atom. The van der Waals surface area contributed by atoms with Crippen LogP contribution in [0.5, 0.6) is 0 Å². The largest absolute Gasteiger partial charge is 0.464 e. The van der Waals surface area contributed by atoms with Crippen molar-refractivity contribution in [2.75, 3.05) is 37.7 Å². The van der Waals surface area contributed by atoms with Crippen LogP contribution in [0.15, 0.2) is 30.3 Å². The first-order valence-electron chi connectivity index (χ1n) is 7.15. The van der Waals surface area contributed by atoms with E-state index in [0.29, 0.717) is 37.7 Å². The lowest BCUT2D eigenvalue weighted by Crippen LogP contribution is -2.56. The number of hydrogen-bond donors (Lipinski definition) is 1. The topological polar surface area (TPSA) is 72.6 Å². The Bertz CT molecular complexity index is 499. The summed E-state index contributed by atoms with van der Waals surface area (Å²) in [5.74, 6) is 0.851. The van der Waals surface area contributed by atoms with E-state index in [1.54, 1.807) is 6.92 Å². The predicted octanol–water partition coefficient (Wildman–Crippen LogP) is 0.468. The van der Waals surface area contributed by atoms with E-state index in [9.17, 15) is 9.00 Å². The first-order valence-corrected chi connectivity index (χ1v) is 8.64. The minimum absolute atomic E-state index is 0.300. The Kier molecular flexibility index (Phi) is 5.50. The zero-order valence-corrected chi connectivity index (χ0v) is 13.1. The van der Waals surface area contributed by atoms with Crippen LogP contribution in [-0.2, 0) is 25.9 Å². The van der Waals surface area contributed by atoms with E-state index in [1.807, 2.05) is 30.3 Å². The van der Waals surface area contributed by atoms with Crippen LogP contribution >= 0.6 is 0 Å². The molecule has 1 atom stereocenters. The summed E-state index contributed by atoms with van der Waals surface area (Å²) >= 11 is 0. The second kappa shape index (κ2) is 7.15. The van der Waals surface area contributed by atoms with Crippen molar-refractivity contribution < 1.29 is 13.7 Å². The minimum atomic E-state index is -1.18. The number of esters is 1. The molecule has 21 heavy (non-hydrogen) atoms. The van der Waals surface area contributed by atoms with Crippen molar-refractivity contribution in [2.24, 2.45) is 5.73 Å². The summed E-state index contributed by atoms with van der Waals surface area (Å²) in [5.41, 5.74) is 5.98. The van der Waals surface area contributed by atoms with Crippen LogP contribution in [0.4, 0.5) is 0 Å². The van der Waals surface area contributed by atoms with Crippen LogP contribution in [0.25, 0.3) is 0 Å². The lowest BCUT2D eigenvalue weighted by Gasteiger charge is -2.35. The average Bonchev–Trinajstić information content (AvgIpc) is 2.50. The van der Waals surface area contributed by atoms with Crippen molar-refractivity contribution in [1.29, 1.82) is 0 Å². The number of nitrogens with two attached hydrogens (primary N) is 1. The Balaban J connectivity index is 2.20. The fraction of sp³-hybridized carbons (Fsp3) is 0.533. The van der Waals surface area contributed by atoms with Gasteiger partial charge in [0.1, 0.15) is 0 Å². The summed E-state index contributed by atoms with van der Waals surface area (Å²) in [6.07, 6.45) is 0. The minimum Gasteiger partial charge on any atom is -0.464 e. The summed E-state index contributed by atoms with van der Waals surface area (Å²) in [7, 11) is -0.747. The molecule has 5 nitrogen and oxygen atoms in total. The normalized spacial score (nSPS) is 19.9. The third-order valence-electron chi connectivity index (χ3n) is 3.67. The van der Waals surface area contributed by atoms with Crippen molar-refractivity contribution in [3.05, 3.63) is 35.9 Å². The zero-order chi connectivity index (χ0) is 15.3. The van der Waals surface area contributed by atoms with Gasteiger partial charge in [-0.3, -0.25) is 9.11 Å². The SMILES string of the molecule is CCOC(=O)C(N)(CN1CCS(=O)CC1)c1ccccc1. The summed E-state index contributed by atoms with van der Waals surface area (Å²) in [6.45, 7) is 3.84. The van der Waals surface area contributed by atoms with Gasteiger partial charge in [0.15, 0.2) is 5.54 Å². The first-order chi connectivity index (χ1) is 10.1. The molecule has 0 saturated carbocycles. The molecule has 1 fully saturated rings. The number of carbonyl (C=O) groups excluding carboxylic acids is 1. The van der Waals surface area contributed by atoms with Crippen molar-refractivity contribution >= 4 is 16.8 Å². The van der Waals surface area contributed by atoms with E-state index < -0.39 is 22.3 Å². The highest BCUT2D eigenvalue weighted by Gasteiger charge is 2.39. The number of benzene rings is 1. The Morgan fingerprint density at radius 2 is 1.95 bits per heavy atom. The van der Waals surface area contributed by atoms with Crippen LogP contribution in [-0.4, -0.2) is 52.8 Å². The standard InChI is InChI=1S/C15H22N2O3S/c1-2-20-14(18)15(16,13-6-4-3-5-7-13)12-17-8-10-21(19)11-9-17/h3-7H,2,8-12,16H2,1H3. The summed E-state index contributed by atoms with van der Waals surface area (Å²) in [5, 5.41) is 0. The van der Waals surface area contributed by atoms with Gasteiger partial charge < -0.3 is 10.5 Å². The van der Waals surface area contributed by atoms with E-state index in [1.165, 1.54) is 0 Å². The summed E-state index contributed by atoms with van der Waals surface area (Å²) in [6, 6.07) is 9.31. The number of ether oxygens (including phenoxy) is 1. The quantitative estimate of drug-likeness (QED) is 0.800. The van der Waals surface area contributed by atoms with Crippen molar-refractivity contribution in [1.82, 2.24) is 4.90 Å². The van der Waals surface area contributed by atoms with E-state index >= 15 is 0 Å². The van der Waals surface area contributed by atoms with E-state index in [-0.39, 0.29) is 0 Å². The smallest absolute Gasteiger partial charge is 0.332 e. The van der Waals surface area contributed by atoms with Gasteiger partial charge in [-0.2, -0.15) is 0 Å². The van der Waals surface area contributed by atoms with Crippen LogP contribution in [0.1, 0.15) is 12.5 Å². The van der Waals surface area contributed by atoms with Crippen LogP contribution in [0, 0.1) is 0 Å². The molecule has 0 spiro atoms. The molecular formula is C15H22N2O3S. The molecule has 1 aromatic rings. The maximum Gasteiger partial charge on any atom is 0.332 e. The van der Waals surface area contributed by atoms with Gasteiger partial charge in [0.05, 0.1) is 6.61 Å². The Morgan fingerprint density at radius 3 is 2.52 bits per heavy atom. The molecule has 1 saturated heterocycles. The van der Waals surface area contributed by atoms with E-state index in [4.69, 9.17) is 10.5 Å². The predicted molar refractivity (Wildman–Crippen MR) is 83.3 cm³/mol. The molecule has 116 valence electrons. The average molecular weight is 310 g/mol. The maximum absolute atomic E-state index is 12.4. The molecule has 0 radical (unpaired) electrons. The molecule has 6 heteroatoms. The molecule has 1 unspecified atom stereocenters. The van der Waals surface area contributed by atoms with Gasteiger partial charge in [0.25, 0.3) is 0 Å². The van der Waals surface area contributed by atoms with Gasteiger partial charge >= 0.3 is 5.97 Å². The molecule has 0 aromatic heterocycles. The summed E-state index contributed by atoms with van der Waals surface area (Å²) < 4.78 is 16.6. The van der Waals surface area contributed by atoms with Crippen molar-refractivity contribution in [2.45, 2.75) is 12.5 Å². The lowest BCUT2D eigenvalue weighted by molar-refractivity contribution is -0.151. The fourth-order valence-corrected chi connectivity index (χ4v) is 3.58. The highest BCUT2D eigenvalue weighted by Crippen LogP contribution is 2.22. The third-order valence-corrected chi connectivity index (χ3v) is 4.95.